The van der Waals surface area contributed by atoms with Gasteiger partial charge >= 0.3 is 8.80 Å². The summed E-state index contributed by atoms with van der Waals surface area (Å²) in [5.74, 6) is 0. The van der Waals surface area contributed by atoms with E-state index < -0.39 is 8.80 Å². The first-order valence-corrected chi connectivity index (χ1v) is 8.01. The summed E-state index contributed by atoms with van der Waals surface area (Å²) in [4.78, 5) is 0. The van der Waals surface area contributed by atoms with Gasteiger partial charge in [0.1, 0.15) is 12.4 Å². The molecule has 0 saturated carbocycles. The van der Waals surface area contributed by atoms with Crippen molar-refractivity contribution in [2.45, 2.75) is 26.9 Å². The molecule has 1 aromatic rings. The van der Waals surface area contributed by atoms with Gasteiger partial charge in [0.15, 0.2) is 6.17 Å². The van der Waals surface area contributed by atoms with Gasteiger partial charge in [-0.1, -0.05) is 0 Å². The molecule has 0 radical (unpaired) electrons. The summed E-state index contributed by atoms with van der Waals surface area (Å²) >= 11 is 0. The van der Waals surface area contributed by atoms with Crippen molar-refractivity contribution in [3.63, 3.8) is 0 Å². The molecule has 0 atom stereocenters. The van der Waals surface area contributed by atoms with Gasteiger partial charge < -0.3 is 13.3 Å². The molecule has 0 spiro atoms. The number of nitrogens with zero attached hydrogens (tertiary/aromatic N) is 2. The number of hydrogen-bond acceptors (Lipinski definition) is 3. The number of aromatic nitrogens is 2. The minimum atomic E-state index is -2.57. The molecule has 0 aliphatic carbocycles. The lowest BCUT2D eigenvalue weighted by molar-refractivity contribution is -0.671. The average molecular weight is 259 g/mol. The molecule has 0 N–H and O–H groups in total. The van der Waals surface area contributed by atoms with Crippen LogP contribution in [0.15, 0.2) is 18.7 Å². The van der Waals surface area contributed by atoms with Crippen molar-refractivity contribution in [1.82, 2.24) is 4.57 Å². The summed E-state index contributed by atoms with van der Waals surface area (Å²) in [5, 5.41) is 0. The third-order valence-electron chi connectivity index (χ3n) is 2.29. The van der Waals surface area contributed by atoms with Gasteiger partial charge in [-0.2, -0.15) is 0 Å². The molecule has 1 heterocycles. The van der Waals surface area contributed by atoms with Crippen LogP contribution in [0, 0.1) is 0 Å². The van der Waals surface area contributed by atoms with Gasteiger partial charge in [-0.15, -0.1) is 0 Å². The molecule has 1 aromatic heterocycles. The Bertz CT molecular complexity index is 313. The van der Waals surface area contributed by atoms with Crippen LogP contribution in [0.2, 0.25) is 0 Å². The maximum atomic E-state index is 5.79. The second-order valence-corrected chi connectivity index (χ2v) is 6.28. The van der Waals surface area contributed by atoms with Crippen LogP contribution in [0.25, 0.3) is 0 Å². The molecule has 0 bridgehead atoms. The Labute approximate surface area is 104 Å². The van der Waals surface area contributed by atoms with Gasteiger partial charge in [0.25, 0.3) is 0 Å². The van der Waals surface area contributed by atoms with E-state index in [2.05, 4.69) is 0 Å². The lowest BCUT2D eigenvalue weighted by atomic mass is 10.9. The fourth-order valence-corrected chi connectivity index (χ4v) is 4.22. The zero-order valence-corrected chi connectivity index (χ0v) is 12.2. The SMILES string of the molecule is CCO[Si](Cn1cc[n+](C)c1)(OCC)OCC. The largest absolute Gasteiger partial charge is 0.545 e. The first-order valence-electron chi connectivity index (χ1n) is 6.08. The van der Waals surface area contributed by atoms with Crippen molar-refractivity contribution in [2.75, 3.05) is 19.8 Å². The summed E-state index contributed by atoms with van der Waals surface area (Å²) in [5.41, 5.74) is 0. The van der Waals surface area contributed by atoms with Crippen LogP contribution in [0.4, 0.5) is 0 Å². The van der Waals surface area contributed by atoms with E-state index in [0.29, 0.717) is 26.0 Å². The summed E-state index contributed by atoms with van der Waals surface area (Å²) < 4.78 is 21.4. The predicted octanol–water partition coefficient (Wildman–Crippen LogP) is 0.900. The number of aryl methyl sites for hydroxylation is 1. The molecule has 17 heavy (non-hydrogen) atoms. The molecular weight excluding hydrogens is 236 g/mol. The van der Waals surface area contributed by atoms with E-state index in [-0.39, 0.29) is 0 Å². The summed E-state index contributed by atoms with van der Waals surface area (Å²) in [7, 11) is -0.586. The lowest BCUT2D eigenvalue weighted by Crippen LogP contribution is -2.50. The highest BCUT2D eigenvalue weighted by atomic mass is 28.4. The normalized spacial score (nSPS) is 12.0. The maximum Gasteiger partial charge on any atom is 0.545 e. The molecule has 0 unspecified atom stereocenters. The van der Waals surface area contributed by atoms with Crippen molar-refractivity contribution >= 4 is 8.80 Å². The summed E-state index contributed by atoms with van der Waals surface area (Å²) in [6, 6.07) is 0. The van der Waals surface area contributed by atoms with Crippen molar-refractivity contribution in [2.24, 2.45) is 7.05 Å². The molecule has 0 saturated heterocycles. The fraction of sp³-hybridized carbons (Fsp3) is 0.727. The summed E-state index contributed by atoms with van der Waals surface area (Å²) in [6.07, 6.45) is 6.64. The third kappa shape index (κ3) is 4.23. The number of rotatable bonds is 8. The molecule has 1 rings (SSSR count). The second kappa shape index (κ2) is 6.90. The molecule has 0 amide bonds. The Kier molecular flexibility index (Phi) is 5.83. The zero-order chi connectivity index (χ0) is 12.7. The van der Waals surface area contributed by atoms with E-state index in [1.807, 2.05) is 55.7 Å². The quantitative estimate of drug-likeness (QED) is 0.514. The Morgan fingerprint density at radius 1 is 1.06 bits per heavy atom. The van der Waals surface area contributed by atoms with E-state index in [1.165, 1.54) is 0 Å². The standard InChI is InChI=1S/C11H23N2O3Si/c1-5-14-17(15-6-2,16-7-3)11-13-9-8-12(4)10-13/h8-10H,5-7,11H2,1-4H3/q+1. The van der Waals surface area contributed by atoms with Crippen LogP contribution in [0.3, 0.4) is 0 Å². The zero-order valence-electron chi connectivity index (χ0n) is 11.2. The average Bonchev–Trinajstić information content (AvgIpc) is 2.65. The molecular formula is C11H23N2O3Si+. The van der Waals surface area contributed by atoms with Crippen molar-refractivity contribution in [3.8, 4) is 0 Å². The Morgan fingerprint density at radius 2 is 1.59 bits per heavy atom. The minimum absolute atomic E-state index is 0.611. The Hall–Kier alpha value is -0.693. The molecule has 0 aromatic carbocycles. The van der Waals surface area contributed by atoms with Crippen LogP contribution >= 0.6 is 0 Å². The highest BCUT2D eigenvalue weighted by Crippen LogP contribution is 2.12. The first-order chi connectivity index (χ1) is 8.15. The van der Waals surface area contributed by atoms with Crippen molar-refractivity contribution in [3.05, 3.63) is 18.7 Å². The van der Waals surface area contributed by atoms with Crippen LogP contribution in [-0.4, -0.2) is 33.2 Å². The predicted molar refractivity (Wildman–Crippen MR) is 66.2 cm³/mol. The van der Waals surface area contributed by atoms with Crippen LogP contribution < -0.4 is 4.57 Å². The molecule has 0 fully saturated rings. The van der Waals surface area contributed by atoms with Gasteiger partial charge in [0.05, 0.1) is 7.05 Å². The van der Waals surface area contributed by atoms with E-state index in [9.17, 15) is 0 Å². The molecule has 0 aliphatic rings. The van der Waals surface area contributed by atoms with Crippen LogP contribution in [0.5, 0.6) is 0 Å². The molecule has 5 nitrogen and oxygen atoms in total. The highest BCUT2D eigenvalue weighted by Gasteiger charge is 2.43. The Morgan fingerprint density at radius 3 is 1.94 bits per heavy atom. The fourth-order valence-electron chi connectivity index (χ4n) is 1.74. The molecule has 98 valence electrons. The first kappa shape index (κ1) is 14.4. The van der Waals surface area contributed by atoms with Gasteiger partial charge in [0.2, 0.25) is 6.33 Å². The highest BCUT2D eigenvalue weighted by molar-refractivity contribution is 6.59. The van der Waals surface area contributed by atoms with Gasteiger partial charge in [-0.25, -0.2) is 9.13 Å². The van der Waals surface area contributed by atoms with Crippen LogP contribution in [-0.2, 0) is 26.5 Å². The molecule has 6 heteroatoms. The van der Waals surface area contributed by atoms with Gasteiger partial charge in [-0.05, 0) is 20.8 Å². The van der Waals surface area contributed by atoms with Gasteiger partial charge in [-0.3, -0.25) is 0 Å². The topological polar surface area (TPSA) is 36.5 Å². The molecule has 0 aliphatic heterocycles. The van der Waals surface area contributed by atoms with Gasteiger partial charge in [0, 0.05) is 19.8 Å². The third-order valence-corrected chi connectivity index (χ3v) is 5.23. The minimum Gasteiger partial charge on any atom is -0.371 e. The maximum absolute atomic E-state index is 5.79. The van der Waals surface area contributed by atoms with E-state index in [4.69, 9.17) is 13.3 Å². The number of hydrogen-bond donors (Lipinski definition) is 0. The van der Waals surface area contributed by atoms with Crippen molar-refractivity contribution < 1.29 is 17.8 Å². The number of imidazole rings is 1. The smallest absolute Gasteiger partial charge is 0.371 e. The van der Waals surface area contributed by atoms with E-state index in [1.54, 1.807) is 0 Å². The summed E-state index contributed by atoms with van der Waals surface area (Å²) in [6.45, 7) is 7.74. The second-order valence-electron chi connectivity index (χ2n) is 3.73. The Balaban J connectivity index is 2.79. The van der Waals surface area contributed by atoms with E-state index >= 15 is 0 Å². The van der Waals surface area contributed by atoms with Crippen molar-refractivity contribution in [1.29, 1.82) is 0 Å². The lowest BCUT2D eigenvalue weighted by Gasteiger charge is -2.26. The van der Waals surface area contributed by atoms with E-state index in [0.717, 1.165) is 0 Å². The monoisotopic (exact) mass is 259 g/mol. The van der Waals surface area contributed by atoms with Crippen LogP contribution in [0.1, 0.15) is 20.8 Å².